The van der Waals surface area contributed by atoms with E-state index < -0.39 is 41.7 Å². The number of benzene rings is 2. The Morgan fingerprint density at radius 2 is 1.67 bits per heavy atom. The summed E-state index contributed by atoms with van der Waals surface area (Å²) in [6.07, 6.45) is 0. The van der Waals surface area contributed by atoms with Gasteiger partial charge < -0.3 is 20.3 Å². The first kappa shape index (κ1) is 17.2. The number of para-hydroxylation sites is 1. The van der Waals surface area contributed by atoms with E-state index in [1.807, 2.05) is 6.92 Å². The second-order valence-electron chi connectivity index (χ2n) is 7.02. The first-order valence-corrected chi connectivity index (χ1v) is 8.68. The number of imide groups is 1. The van der Waals surface area contributed by atoms with E-state index in [0.717, 1.165) is 10.5 Å². The van der Waals surface area contributed by atoms with E-state index in [0.29, 0.717) is 11.3 Å². The van der Waals surface area contributed by atoms with Gasteiger partial charge in [-0.1, -0.05) is 29.8 Å². The van der Waals surface area contributed by atoms with E-state index in [-0.39, 0.29) is 5.75 Å². The highest BCUT2D eigenvalue weighted by Crippen LogP contribution is 2.43. The van der Waals surface area contributed by atoms with Crippen LogP contribution in [0.25, 0.3) is 0 Å². The monoisotopic (exact) mass is 366 g/mol. The van der Waals surface area contributed by atoms with Crippen LogP contribution in [0.3, 0.4) is 0 Å². The Kier molecular flexibility index (Phi) is 3.96. The zero-order chi connectivity index (χ0) is 19.3. The molecule has 7 nitrogen and oxygen atoms in total. The summed E-state index contributed by atoms with van der Waals surface area (Å²) in [7, 11) is 0. The topological polar surface area (TPSA) is 114 Å². The molecule has 0 saturated carbocycles. The fourth-order valence-electron chi connectivity index (χ4n) is 4.17. The van der Waals surface area contributed by atoms with Crippen LogP contribution < -0.4 is 15.3 Å². The third-order valence-corrected chi connectivity index (χ3v) is 5.45. The molecule has 0 unspecified atom stereocenters. The molecule has 2 aliphatic rings. The highest BCUT2D eigenvalue weighted by atomic mass is 16.4. The Morgan fingerprint density at radius 1 is 1.04 bits per heavy atom. The lowest BCUT2D eigenvalue weighted by molar-refractivity contribution is -0.705. The minimum atomic E-state index is -1.39. The number of phenols is 1. The van der Waals surface area contributed by atoms with Gasteiger partial charge in [0, 0.05) is 0 Å². The van der Waals surface area contributed by atoms with Gasteiger partial charge in [-0.05, 0) is 31.2 Å². The Balaban J connectivity index is 1.79. The standard InChI is InChI=1S/C20H18N2O5/c1-10-6-8-11(9-7-10)22-18(24)14-15(19(22)25)17(20(26)27)21-16(14)12-4-2-3-5-13(12)23/h2-9,14-17,21,23H,1H3,(H,26,27)/t14-,15+,16+,17+/m1/s1. The maximum atomic E-state index is 13.1. The van der Waals surface area contributed by atoms with Gasteiger partial charge in [-0.2, -0.15) is 0 Å². The van der Waals surface area contributed by atoms with Crippen LogP contribution in [0.5, 0.6) is 5.75 Å². The summed E-state index contributed by atoms with van der Waals surface area (Å²) in [5, 5.41) is 23.3. The van der Waals surface area contributed by atoms with Crippen molar-refractivity contribution in [2.75, 3.05) is 4.90 Å². The number of carbonyl (C=O) groups is 3. The molecule has 4 atom stereocenters. The van der Waals surface area contributed by atoms with Crippen molar-refractivity contribution in [3.05, 3.63) is 59.7 Å². The van der Waals surface area contributed by atoms with Gasteiger partial charge in [0.05, 0.1) is 11.3 Å². The van der Waals surface area contributed by atoms with Gasteiger partial charge in [0.1, 0.15) is 35.6 Å². The molecular formula is C20H18N2O5. The number of phenolic OH excluding ortho intramolecular Hbond substituents is 1. The molecule has 2 aliphatic heterocycles. The Labute approximate surface area is 155 Å². The maximum absolute atomic E-state index is 13.1. The van der Waals surface area contributed by atoms with Crippen LogP contribution in [0.2, 0.25) is 0 Å². The van der Waals surface area contributed by atoms with Crippen molar-refractivity contribution in [3.63, 3.8) is 0 Å². The predicted molar refractivity (Wildman–Crippen MR) is 92.2 cm³/mol. The average Bonchev–Trinajstić information content (AvgIpc) is 3.14. The lowest BCUT2D eigenvalue weighted by Gasteiger charge is -2.21. The number of aromatic hydroxyl groups is 1. The van der Waals surface area contributed by atoms with Gasteiger partial charge in [-0.25, -0.2) is 4.90 Å². The third-order valence-electron chi connectivity index (χ3n) is 5.45. The van der Waals surface area contributed by atoms with E-state index in [2.05, 4.69) is 0 Å². The molecule has 4 rings (SSSR count). The average molecular weight is 366 g/mol. The zero-order valence-corrected chi connectivity index (χ0v) is 14.5. The van der Waals surface area contributed by atoms with E-state index in [9.17, 15) is 24.6 Å². The number of carboxylic acid groups (broad SMARTS) is 1. The van der Waals surface area contributed by atoms with Gasteiger partial charge in [0.15, 0.2) is 0 Å². The zero-order valence-electron chi connectivity index (χ0n) is 14.5. The van der Waals surface area contributed by atoms with Gasteiger partial charge in [0.25, 0.3) is 0 Å². The molecule has 0 bridgehead atoms. The minimum Gasteiger partial charge on any atom is -0.544 e. The van der Waals surface area contributed by atoms with E-state index in [4.69, 9.17) is 0 Å². The molecular weight excluding hydrogens is 348 g/mol. The molecule has 2 amide bonds. The van der Waals surface area contributed by atoms with E-state index in [1.54, 1.807) is 42.5 Å². The highest BCUT2D eigenvalue weighted by molar-refractivity contribution is 6.23. The van der Waals surface area contributed by atoms with Crippen LogP contribution in [-0.4, -0.2) is 28.9 Å². The number of nitrogens with two attached hydrogens (primary N) is 1. The molecule has 0 spiro atoms. The van der Waals surface area contributed by atoms with Gasteiger partial charge in [-0.15, -0.1) is 0 Å². The lowest BCUT2D eigenvalue weighted by Crippen LogP contribution is -2.92. The molecule has 0 radical (unpaired) electrons. The number of nitrogens with zero attached hydrogens (tertiary/aromatic N) is 1. The number of quaternary nitrogens is 1. The number of carbonyl (C=O) groups excluding carboxylic acids is 3. The second kappa shape index (κ2) is 6.21. The molecule has 138 valence electrons. The molecule has 3 N–H and O–H groups in total. The van der Waals surface area contributed by atoms with Crippen LogP contribution in [0.15, 0.2) is 48.5 Å². The van der Waals surface area contributed by atoms with Gasteiger partial charge in [0.2, 0.25) is 11.8 Å². The van der Waals surface area contributed by atoms with Crippen LogP contribution in [0.4, 0.5) is 5.69 Å². The molecule has 0 aromatic heterocycles. The molecule has 2 heterocycles. The Morgan fingerprint density at radius 3 is 2.30 bits per heavy atom. The largest absolute Gasteiger partial charge is 0.544 e. The van der Waals surface area contributed by atoms with Gasteiger partial charge in [-0.3, -0.25) is 9.59 Å². The normalized spacial score (nSPS) is 27.1. The predicted octanol–water partition coefficient (Wildman–Crippen LogP) is -0.757. The summed E-state index contributed by atoms with van der Waals surface area (Å²) in [6.45, 7) is 1.89. The van der Waals surface area contributed by atoms with Crippen molar-refractivity contribution in [3.8, 4) is 5.75 Å². The lowest BCUT2D eigenvalue weighted by atomic mass is 9.86. The number of hydrogen-bond donors (Lipinski definition) is 2. The Hall–Kier alpha value is -3.19. The fourth-order valence-corrected chi connectivity index (χ4v) is 4.17. The Bertz CT molecular complexity index is 940. The molecule has 2 aromatic rings. The smallest absolute Gasteiger partial charge is 0.244 e. The number of fused-ring (bicyclic) bond motifs is 1. The maximum Gasteiger partial charge on any atom is 0.244 e. The van der Waals surface area contributed by atoms with Crippen LogP contribution in [0.1, 0.15) is 17.2 Å². The molecule has 7 heteroatoms. The summed E-state index contributed by atoms with van der Waals surface area (Å²) in [5.41, 5.74) is 1.83. The first-order chi connectivity index (χ1) is 12.9. The molecule has 27 heavy (non-hydrogen) atoms. The van der Waals surface area contributed by atoms with Crippen molar-refractivity contribution >= 4 is 23.5 Å². The molecule has 2 saturated heterocycles. The number of aryl methyl sites for hydroxylation is 1. The molecule has 2 fully saturated rings. The number of carboxylic acids is 1. The highest BCUT2D eigenvalue weighted by Gasteiger charge is 2.63. The van der Waals surface area contributed by atoms with Crippen LogP contribution in [0, 0.1) is 18.8 Å². The second-order valence-corrected chi connectivity index (χ2v) is 7.02. The molecule has 0 aliphatic carbocycles. The summed E-state index contributed by atoms with van der Waals surface area (Å²) >= 11 is 0. The van der Waals surface area contributed by atoms with Crippen molar-refractivity contribution < 1.29 is 29.9 Å². The quantitative estimate of drug-likeness (QED) is 0.694. The van der Waals surface area contributed by atoms with Crippen molar-refractivity contribution in [2.45, 2.75) is 19.0 Å². The van der Waals surface area contributed by atoms with Crippen LogP contribution in [-0.2, 0) is 14.4 Å². The number of amides is 2. The number of hydrogen-bond acceptors (Lipinski definition) is 5. The van der Waals surface area contributed by atoms with Crippen molar-refractivity contribution in [2.24, 2.45) is 11.8 Å². The number of rotatable bonds is 3. The SMILES string of the molecule is Cc1ccc(N2C(=O)[C@@H]3[C@H](C2=O)[C@@H](C(=O)[O-])[NH2+][C@H]3c2ccccc2O)cc1. The summed E-state index contributed by atoms with van der Waals surface area (Å²) in [4.78, 5) is 38.8. The molecule has 2 aromatic carbocycles. The van der Waals surface area contributed by atoms with Gasteiger partial charge >= 0.3 is 0 Å². The minimum absolute atomic E-state index is 0.0365. The fraction of sp³-hybridized carbons (Fsp3) is 0.250. The number of aliphatic carboxylic acids is 1. The van der Waals surface area contributed by atoms with Crippen LogP contribution >= 0.6 is 0 Å². The van der Waals surface area contributed by atoms with Crippen molar-refractivity contribution in [1.82, 2.24) is 0 Å². The first-order valence-electron chi connectivity index (χ1n) is 8.68. The third kappa shape index (κ3) is 2.59. The summed E-state index contributed by atoms with van der Waals surface area (Å²) in [5.74, 6) is -4.34. The van der Waals surface area contributed by atoms with Crippen molar-refractivity contribution in [1.29, 1.82) is 0 Å². The summed E-state index contributed by atoms with van der Waals surface area (Å²) < 4.78 is 0. The number of anilines is 1. The summed E-state index contributed by atoms with van der Waals surface area (Å²) in [6, 6.07) is 11.5. The van der Waals surface area contributed by atoms with E-state index in [1.165, 1.54) is 11.4 Å². The van der Waals surface area contributed by atoms with E-state index >= 15 is 0 Å².